The van der Waals surface area contributed by atoms with Crippen LogP contribution in [0, 0.1) is 0 Å². The first kappa shape index (κ1) is 31.9. The first-order chi connectivity index (χ1) is 17.2. The first-order valence-corrected chi connectivity index (χ1v) is 16.6. The molecule has 3 aromatic heterocycles. The summed E-state index contributed by atoms with van der Waals surface area (Å²) in [6.45, 7) is 26.7. The second kappa shape index (κ2) is 13.7. The van der Waals surface area contributed by atoms with Crippen LogP contribution in [0.5, 0.6) is 0 Å². The number of hydrogen-bond acceptors (Lipinski definition) is 3. The van der Waals surface area contributed by atoms with Crippen LogP contribution in [-0.2, 0) is 13.1 Å². The van der Waals surface area contributed by atoms with Crippen molar-refractivity contribution in [1.29, 1.82) is 0 Å². The Kier molecular flexibility index (Phi) is 11.8. The van der Waals surface area contributed by atoms with Crippen LogP contribution < -0.4 is 0 Å². The van der Waals surface area contributed by atoms with Gasteiger partial charge in [-0.3, -0.25) is 0 Å². The van der Waals surface area contributed by atoms with E-state index in [2.05, 4.69) is 115 Å². The van der Waals surface area contributed by atoms with Gasteiger partial charge >= 0.3 is 33.3 Å². The average molecular weight is 593 g/mol. The number of hydrogen-bond donors (Lipinski definition) is 0. The number of halogens is 2. The molecule has 0 fully saturated rings. The SMILES string of the molecule is CC(C)c1cc(C(C)C)n(C(n2nc(C(C)C)cc2C(C)C)n2nc(C(C)C)cc2C(C)C)n1.[Cl][Mn][Cl]. The summed E-state index contributed by atoms with van der Waals surface area (Å²) in [6.07, 6.45) is -0.292. The van der Waals surface area contributed by atoms with E-state index in [1.54, 1.807) is 0 Å². The quantitative estimate of drug-likeness (QED) is 0.233. The standard InChI is InChI=1S/C28H46N6.2ClH.Mn/c1-16(2)22-13-25(19(7)8)32(29-22)28(33-26(20(9)10)14-23(30-33)17(3)4)34-27(21(11)12)15-24(31-34)18(5)6;;;/h13-21,28H,1-12H3;2*1H;/q;;;+2/p-2. The Morgan fingerprint density at radius 2 is 0.703 bits per heavy atom. The summed E-state index contributed by atoms with van der Waals surface area (Å²) in [5.41, 5.74) is 6.96. The maximum absolute atomic E-state index is 5.19. The summed E-state index contributed by atoms with van der Waals surface area (Å²) in [7, 11) is 9.59. The summed E-state index contributed by atoms with van der Waals surface area (Å²) in [5.74, 6) is 2.02. The summed E-state index contributed by atoms with van der Waals surface area (Å²) in [5, 5.41) is 15.6. The molecule has 0 atom stereocenters. The molecule has 209 valence electrons. The minimum absolute atomic E-state index is 0.00694. The van der Waals surface area contributed by atoms with E-state index >= 15 is 0 Å². The fourth-order valence-corrected chi connectivity index (χ4v) is 4.29. The Balaban J connectivity index is 0.00000153. The van der Waals surface area contributed by atoms with E-state index in [1.807, 2.05) is 0 Å². The minimum atomic E-state index is -0.292. The normalized spacial score (nSPS) is 12.2. The second-order valence-corrected chi connectivity index (χ2v) is 13.6. The number of nitrogens with zero attached hydrogens (tertiary/aromatic N) is 6. The molecule has 0 saturated heterocycles. The Hall–Kier alpha value is -1.27. The molecule has 0 unspecified atom stereocenters. The molecule has 3 heterocycles. The molecule has 0 bridgehead atoms. The zero-order valence-electron chi connectivity index (χ0n) is 24.6. The monoisotopic (exact) mass is 591 g/mol. The topological polar surface area (TPSA) is 53.5 Å². The fraction of sp³-hybridized carbons (Fsp3) is 0.679. The van der Waals surface area contributed by atoms with Crippen molar-refractivity contribution in [2.24, 2.45) is 0 Å². The van der Waals surface area contributed by atoms with Crippen LogP contribution in [0.1, 0.15) is 159 Å². The molecular formula is C28H46Cl2MnN6. The van der Waals surface area contributed by atoms with Crippen LogP contribution in [0.4, 0.5) is 0 Å². The van der Waals surface area contributed by atoms with Gasteiger partial charge in [-0.25, -0.2) is 14.0 Å². The molecule has 37 heavy (non-hydrogen) atoms. The van der Waals surface area contributed by atoms with Gasteiger partial charge in [0.2, 0.25) is 6.29 Å². The molecule has 0 aliphatic heterocycles. The molecule has 9 heteroatoms. The van der Waals surface area contributed by atoms with Crippen LogP contribution in [0.15, 0.2) is 18.2 Å². The third-order valence-corrected chi connectivity index (χ3v) is 6.56. The Labute approximate surface area is 239 Å². The zero-order valence-corrected chi connectivity index (χ0v) is 27.3. The van der Waals surface area contributed by atoms with E-state index in [4.69, 9.17) is 35.5 Å². The Bertz CT molecular complexity index is 986. The number of rotatable bonds is 9. The van der Waals surface area contributed by atoms with Crippen molar-refractivity contribution in [1.82, 2.24) is 29.3 Å². The van der Waals surface area contributed by atoms with Gasteiger partial charge in [0, 0.05) is 17.1 Å². The van der Waals surface area contributed by atoms with Crippen LogP contribution >= 0.6 is 20.2 Å². The van der Waals surface area contributed by atoms with Crippen LogP contribution in [0.3, 0.4) is 0 Å². The van der Waals surface area contributed by atoms with Crippen molar-refractivity contribution in [3.05, 3.63) is 52.4 Å². The van der Waals surface area contributed by atoms with Crippen molar-refractivity contribution >= 4 is 20.2 Å². The Morgan fingerprint density at radius 3 is 0.865 bits per heavy atom. The van der Waals surface area contributed by atoms with Gasteiger partial charge in [0.05, 0.1) is 17.1 Å². The van der Waals surface area contributed by atoms with Crippen LogP contribution in [0.2, 0.25) is 0 Å². The van der Waals surface area contributed by atoms with E-state index in [-0.39, 0.29) is 19.4 Å². The molecule has 0 spiro atoms. The van der Waals surface area contributed by atoms with Crippen molar-refractivity contribution in [2.75, 3.05) is 0 Å². The van der Waals surface area contributed by atoms with Crippen molar-refractivity contribution in [2.45, 2.75) is 125 Å². The molecule has 0 aliphatic carbocycles. The van der Waals surface area contributed by atoms with Crippen molar-refractivity contribution < 1.29 is 13.1 Å². The second-order valence-electron chi connectivity index (χ2n) is 11.6. The van der Waals surface area contributed by atoms with Gasteiger partial charge in [-0.1, -0.05) is 83.1 Å². The Morgan fingerprint density at radius 1 is 0.486 bits per heavy atom. The van der Waals surface area contributed by atoms with E-state index in [9.17, 15) is 0 Å². The predicted molar refractivity (Wildman–Crippen MR) is 153 cm³/mol. The van der Waals surface area contributed by atoms with E-state index in [0.717, 1.165) is 17.1 Å². The molecule has 0 N–H and O–H groups in total. The van der Waals surface area contributed by atoms with Crippen LogP contribution in [-0.4, -0.2) is 29.3 Å². The van der Waals surface area contributed by atoms with Crippen molar-refractivity contribution in [3.63, 3.8) is 0 Å². The average Bonchev–Trinajstić information content (AvgIpc) is 3.52. The summed E-state index contributed by atoms with van der Waals surface area (Å²) < 4.78 is 6.56. The maximum atomic E-state index is 5.19. The zero-order chi connectivity index (χ0) is 28.2. The molecule has 0 aromatic carbocycles. The third-order valence-electron chi connectivity index (χ3n) is 6.56. The molecule has 3 aromatic rings. The molecule has 3 rings (SSSR count). The van der Waals surface area contributed by atoms with E-state index < -0.39 is 0 Å². The van der Waals surface area contributed by atoms with Crippen molar-refractivity contribution in [3.8, 4) is 0 Å². The van der Waals surface area contributed by atoms with Gasteiger partial charge < -0.3 is 0 Å². The summed E-state index contributed by atoms with van der Waals surface area (Å²) in [6, 6.07) is 6.81. The molecule has 6 nitrogen and oxygen atoms in total. The van der Waals surface area contributed by atoms with Gasteiger partial charge in [-0.2, -0.15) is 15.3 Å². The number of aromatic nitrogens is 6. The summed E-state index contributed by atoms with van der Waals surface area (Å²) in [4.78, 5) is 0. The van der Waals surface area contributed by atoms with Gasteiger partial charge in [0.1, 0.15) is 0 Å². The first-order valence-electron chi connectivity index (χ1n) is 13.4. The van der Waals surface area contributed by atoms with Gasteiger partial charge in [-0.15, -0.1) is 0 Å². The van der Waals surface area contributed by atoms with E-state index in [1.165, 1.54) is 17.1 Å². The molecule has 0 amide bonds. The van der Waals surface area contributed by atoms with Gasteiger partial charge in [0.15, 0.2) is 0 Å². The summed E-state index contributed by atoms with van der Waals surface area (Å²) >= 11 is 0.00694. The van der Waals surface area contributed by atoms with Gasteiger partial charge in [0.25, 0.3) is 0 Å². The van der Waals surface area contributed by atoms with E-state index in [0.29, 0.717) is 35.5 Å². The molecule has 0 radical (unpaired) electrons. The molecule has 0 aliphatic rings. The third kappa shape index (κ3) is 7.44. The van der Waals surface area contributed by atoms with Crippen LogP contribution in [0.25, 0.3) is 0 Å². The molecular weight excluding hydrogens is 546 g/mol. The predicted octanol–water partition coefficient (Wildman–Crippen LogP) is 8.95. The van der Waals surface area contributed by atoms with Gasteiger partial charge in [-0.05, 0) is 53.7 Å². The molecule has 0 saturated carbocycles. The fourth-order valence-electron chi connectivity index (χ4n) is 4.29.